The zero-order valence-corrected chi connectivity index (χ0v) is 13.1. The van der Waals surface area contributed by atoms with Crippen LogP contribution in [0.4, 0.5) is 0 Å². The molecular weight excluding hydrogens is 296 g/mol. The second-order valence-electron chi connectivity index (χ2n) is 5.97. The summed E-state index contributed by atoms with van der Waals surface area (Å²) in [6, 6.07) is 4.12. The maximum absolute atomic E-state index is 12.8. The summed E-state index contributed by atoms with van der Waals surface area (Å²) < 4.78 is 5.64. The highest BCUT2D eigenvalue weighted by Crippen LogP contribution is 2.34. The predicted molar refractivity (Wildman–Crippen MR) is 83.0 cm³/mol. The molecule has 2 heterocycles. The van der Waals surface area contributed by atoms with Crippen LogP contribution >= 0.6 is 0 Å². The molecule has 1 N–H and O–H groups in total. The van der Waals surface area contributed by atoms with Gasteiger partial charge in [0.25, 0.3) is 11.8 Å². The third kappa shape index (κ3) is 2.50. The van der Waals surface area contributed by atoms with E-state index in [0.29, 0.717) is 24.3 Å². The number of fused-ring (bicyclic) bond motifs is 1. The van der Waals surface area contributed by atoms with Crippen LogP contribution in [-0.2, 0) is 4.79 Å². The Morgan fingerprint density at radius 1 is 1.26 bits per heavy atom. The van der Waals surface area contributed by atoms with Gasteiger partial charge < -0.3 is 10.1 Å². The van der Waals surface area contributed by atoms with Gasteiger partial charge in [0.2, 0.25) is 5.91 Å². The van der Waals surface area contributed by atoms with Gasteiger partial charge >= 0.3 is 0 Å². The Hall–Kier alpha value is -2.63. The molecule has 0 aromatic heterocycles. The molecule has 0 bridgehead atoms. The fourth-order valence-corrected chi connectivity index (χ4v) is 2.92. The normalized spacial score (nSPS) is 20.8. The first-order valence-electron chi connectivity index (χ1n) is 7.56. The fraction of sp³-hybridized carbons (Fsp3) is 0.353. The Labute approximate surface area is 134 Å². The number of allylic oxidation sites excluding steroid dienone is 1. The SMILES string of the molecule is C=C1CCC(N2C(=O)c3cccc(OC(C)C)c3C2=O)C(=O)N1. The Morgan fingerprint density at radius 3 is 2.65 bits per heavy atom. The number of rotatable bonds is 3. The molecule has 1 saturated heterocycles. The van der Waals surface area contributed by atoms with E-state index in [1.807, 2.05) is 13.8 Å². The number of carbonyl (C=O) groups excluding carboxylic acids is 3. The van der Waals surface area contributed by atoms with Crippen molar-refractivity contribution in [3.63, 3.8) is 0 Å². The van der Waals surface area contributed by atoms with Crippen molar-refractivity contribution in [1.82, 2.24) is 10.2 Å². The maximum atomic E-state index is 12.8. The number of hydrogen-bond donors (Lipinski definition) is 1. The van der Waals surface area contributed by atoms with E-state index in [9.17, 15) is 14.4 Å². The highest BCUT2D eigenvalue weighted by atomic mass is 16.5. The smallest absolute Gasteiger partial charge is 0.266 e. The molecule has 3 rings (SSSR count). The molecule has 0 radical (unpaired) electrons. The van der Waals surface area contributed by atoms with Crippen molar-refractivity contribution in [2.75, 3.05) is 0 Å². The van der Waals surface area contributed by atoms with Gasteiger partial charge in [0.15, 0.2) is 0 Å². The summed E-state index contributed by atoms with van der Waals surface area (Å²) in [4.78, 5) is 38.6. The minimum Gasteiger partial charge on any atom is -0.490 e. The molecule has 120 valence electrons. The van der Waals surface area contributed by atoms with Crippen molar-refractivity contribution in [2.24, 2.45) is 0 Å². The number of ether oxygens (including phenoxy) is 1. The highest BCUT2D eigenvalue weighted by molar-refractivity contribution is 6.24. The number of imide groups is 1. The van der Waals surface area contributed by atoms with E-state index in [1.54, 1.807) is 18.2 Å². The molecule has 6 heteroatoms. The Kier molecular flexibility index (Phi) is 3.67. The number of nitrogens with one attached hydrogen (secondary N) is 1. The molecule has 1 aromatic rings. The number of carbonyl (C=O) groups is 3. The second kappa shape index (κ2) is 5.53. The molecule has 0 spiro atoms. The number of amides is 3. The summed E-state index contributed by atoms with van der Waals surface area (Å²) in [5.41, 5.74) is 1.13. The molecular formula is C17H18N2O4. The van der Waals surface area contributed by atoms with Gasteiger partial charge in [-0.15, -0.1) is 0 Å². The molecule has 1 fully saturated rings. The van der Waals surface area contributed by atoms with Crippen LogP contribution in [0.25, 0.3) is 0 Å². The monoisotopic (exact) mass is 314 g/mol. The van der Waals surface area contributed by atoms with Gasteiger partial charge in [-0.3, -0.25) is 19.3 Å². The summed E-state index contributed by atoms with van der Waals surface area (Å²) in [5.74, 6) is -0.929. The van der Waals surface area contributed by atoms with Crippen LogP contribution < -0.4 is 10.1 Å². The van der Waals surface area contributed by atoms with Crippen molar-refractivity contribution in [2.45, 2.75) is 38.8 Å². The van der Waals surface area contributed by atoms with Gasteiger partial charge in [-0.2, -0.15) is 0 Å². The van der Waals surface area contributed by atoms with Gasteiger partial charge in [-0.25, -0.2) is 0 Å². The summed E-state index contributed by atoms with van der Waals surface area (Å²) >= 11 is 0. The van der Waals surface area contributed by atoms with Crippen LogP contribution in [0, 0.1) is 0 Å². The number of hydrogen-bond acceptors (Lipinski definition) is 4. The third-order valence-corrected chi connectivity index (χ3v) is 3.90. The first-order chi connectivity index (χ1) is 10.9. The van der Waals surface area contributed by atoms with E-state index in [2.05, 4.69) is 11.9 Å². The van der Waals surface area contributed by atoms with Crippen LogP contribution in [-0.4, -0.2) is 34.8 Å². The Morgan fingerprint density at radius 2 is 2.00 bits per heavy atom. The molecule has 1 unspecified atom stereocenters. The lowest BCUT2D eigenvalue weighted by atomic mass is 10.0. The van der Waals surface area contributed by atoms with Crippen molar-refractivity contribution in [3.8, 4) is 5.75 Å². The number of piperidine rings is 1. The summed E-state index contributed by atoms with van der Waals surface area (Å²) in [6.45, 7) is 7.40. The largest absolute Gasteiger partial charge is 0.490 e. The van der Waals surface area contributed by atoms with E-state index in [1.165, 1.54) is 0 Å². The van der Waals surface area contributed by atoms with E-state index in [4.69, 9.17) is 4.74 Å². The van der Waals surface area contributed by atoms with Crippen molar-refractivity contribution >= 4 is 17.7 Å². The van der Waals surface area contributed by atoms with Gasteiger partial charge in [-0.1, -0.05) is 12.6 Å². The van der Waals surface area contributed by atoms with Gasteiger partial charge in [0, 0.05) is 5.70 Å². The predicted octanol–water partition coefficient (Wildman–Crippen LogP) is 1.86. The number of nitrogens with zero attached hydrogens (tertiary/aromatic N) is 1. The molecule has 0 saturated carbocycles. The average molecular weight is 314 g/mol. The van der Waals surface area contributed by atoms with Crippen LogP contribution in [0.15, 0.2) is 30.5 Å². The van der Waals surface area contributed by atoms with Crippen LogP contribution in [0.2, 0.25) is 0 Å². The molecule has 2 aliphatic rings. The lowest BCUT2D eigenvalue weighted by Crippen LogP contribution is -2.51. The van der Waals surface area contributed by atoms with E-state index >= 15 is 0 Å². The first kappa shape index (κ1) is 15.3. The first-order valence-corrected chi connectivity index (χ1v) is 7.56. The Balaban J connectivity index is 1.98. The van der Waals surface area contributed by atoms with E-state index in [0.717, 1.165) is 4.90 Å². The van der Waals surface area contributed by atoms with Crippen LogP contribution in [0.1, 0.15) is 47.4 Å². The molecule has 1 atom stereocenters. The van der Waals surface area contributed by atoms with E-state index in [-0.39, 0.29) is 23.1 Å². The second-order valence-corrected chi connectivity index (χ2v) is 5.97. The molecule has 3 amide bonds. The van der Waals surface area contributed by atoms with Crippen LogP contribution in [0.3, 0.4) is 0 Å². The fourth-order valence-electron chi connectivity index (χ4n) is 2.92. The lowest BCUT2D eigenvalue weighted by molar-refractivity contribution is -0.125. The molecule has 1 aromatic carbocycles. The van der Waals surface area contributed by atoms with Crippen molar-refractivity contribution in [3.05, 3.63) is 41.6 Å². The zero-order chi connectivity index (χ0) is 16.7. The van der Waals surface area contributed by atoms with Crippen molar-refractivity contribution in [1.29, 1.82) is 0 Å². The zero-order valence-electron chi connectivity index (χ0n) is 13.1. The van der Waals surface area contributed by atoms with Gasteiger partial charge in [0.1, 0.15) is 11.8 Å². The maximum Gasteiger partial charge on any atom is 0.266 e. The van der Waals surface area contributed by atoms with E-state index < -0.39 is 17.9 Å². The Bertz CT molecular complexity index is 723. The summed E-state index contributed by atoms with van der Waals surface area (Å²) in [7, 11) is 0. The minimum atomic E-state index is -0.806. The summed E-state index contributed by atoms with van der Waals surface area (Å²) in [5, 5.41) is 2.61. The minimum absolute atomic E-state index is 0.125. The third-order valence-electron chi connectivity index (χ3n) is 3.90. The quantitative estimate of drug-likeness (QED) is 0.864. The molecule has 23 heavy (non-hydrogen) atoms. The molecule has 2 aliphatic heterocycles. The topological polar surface area (TPSA) is 75.7 Å². The summed E-state index contributed by atoms with van der Waals surface area (Å²) in [6.07, 6.45) is 0.801. The standard InChI is InChI=1S/C17H18N2O4/c1-9(2)23-13-6-4-5-11-14(13)17(22)19(16(11)21)12-8-7-10(3)18-15(12)20/h4-6,9,12H,3,7-8H2,1-2H3,(H,18,20). The molecule has 0 aliphatic carbocycles. The van der Waals surface area contributed by atoms with Gasteiger partial charge in [0.05, 0.1) is 17.2 Å². The highest BCUT2D eigenvalue weighted by Gasteiger charge is 2.45. The molecule has 6 nitrogen and oxygen atoms in total. The van der Waals surface area contributed by atoms with Crippen LogP contribution in [0.5, 0.6) is 5.75 Å². The van der Waals surface area contributed by atoms with Gasteiger partial charge in [-0.05, 0) is 38.8 Å². The lowest BCUT2D eigenvalue weighted by Gasteiger charge is -2.29. The number of benzene rings is 1. The average Bonchev–Trinajstić information content (AvgIpc) is 2.72. The van der Waals surface area contributed by atoms with Crippen molar-refractivity contribution < 1.29 is 19.1 Å².